The molecular formula is C25H19N3O3S. The molecule has 0 fully saturated rings. The van der Waals surface area contributed by atoms with Gasteiger partial charge in [-0.3, -0.25) is 19.3 Å². The Bertz CT molecular complexity index is 1330. The first-order chi connectivity index (χ1) is 15.6. The predicted octanol–water partition coefficient (Wildman–Crippen LogP) is 4.98. The standard InChI is InChI=1S/C25H19N3O3S/c29-22(10-5-13-28-23(30)19-8-3-4-9-20(19)24(28)31)27-25-26-21(15-32-25)18-12-11-16-6-1-2-7-17(16)14-18/h1-4,6-9,11-12,14-15H,5,10,13H2,(H,26,27,29). The zero-order valence-corrected chi connectivity index (χ0v) is 17.9. The molecule has 4 aromatic rings. The van der Waals surface area contributed by atoms with Crippen LogP contribution in [0.25, 0.3) is 22.0 Å². The topological polar surface area (TPSA) is 79.4 Å². The highest BCUT2D eigenvalue weighted by atomic mass is 32.1. The number of fused-ring (bicyclic) bond motifs is 2. The van der Waals surface area contributed by atoms with Crippen molar-refractivity contribution in [1.82, 2.24) is 9.88 Å². The second kappa shape index (κ2) is 8.36. The predicted molar refractivity (Wildman–Crippen MR) is 125 cm³/mol. The van der Waals surface area contributed by atoms with Gasteiger partial charge in [-0.2, -0.15) is 0 Å². The summed E-state index contributed by atoms with van der Waals surface area (Å²) in [6.07, 6.45) is 0.582. The van der Waals surface area contributed by atoms with Crippen molar-refractivity contribution >= 4 is 45.0 Å². The highest BCUT2D eigenvalue weighted by Crippen LogP contribution is 2.28. The number of imide groups is 1. The molecule has 0 unspecified atom stereocenters. The zero-order valence-electron chi connectivity index (χ0n) is 17.1. The van der Waals surface area contributed by atoms with Gasteiger partial charge in [0.15, 0.2) is 5.13 Å². The van der Waals surface area contributed by atoms with Crippen molar-refractivity contribution in [3.63, 3.8) is 0 Å². The van der Waals surface area contributed by atoms with Gasteiger partial charge in [0.05, 0.1) is 16.8 Å². The first-order valence-electron chi connectivity index (χ1n) is 10.3. The number of hydrogen-bond acceptors (Lipinski definition) is 5. The molecule has 0 radical (unpaired) electrons. The summed E-state index contributed by atoms with van der Waals surface area (Å²) in [5.41, 5.74) is 2.64. The largest absolute Gasteiger partial charge is 0.302 e. The Morgan fingerprint density at radius 3 is 2.34 bits per heavy atom. The second-order valence-corrected chi connectivity index (χ2v) is 8.42. The van der Waals surface area contributed by atoms with Crippen LogP contribution in [0.3, 0.4) is 0 Å². The highest BCUT2D eigenvalue weighted by molar-refractivity contribution is 7.14. The second-order valence-electron chi connectivity index (χ2n) is 7.56. The molecule has 0 atom stereocenters. The van der Waals surface area contributed by atoms with E-state index in [2.05, 4.69) is 34.6 Å². The van der Waals surface area contributed by atoms with Gasteiger partial charge in [-0.15, -0.1) is 11.3 Å². The number of hydrogen-bond donors (Lipinski definition) is 1. The molecule has 0 bridgehead atoms. The Labute approximate surface area is 188 Å². The van der Waals surface area contributed by atoms with Crippen LogP contribution >= 0.6 is 11.3 Å². The molecule has 7 heteroatoms. The van der Waals surface area contributed by atoms with E-state index in [1.54, 1.807) is 24.3 Å². The Kier molecular flexibility index (Phi) is 5.25. The fraction of sp³-hybridized carbons (Fsp3) is 0.120. The summed E-state index contributed by atoms with van der Waals surface area (Å²) >= 11 is 1.37. The van der Waals surface area contributed by atoms with E-state index in [-0.39, 0.29) is 30.7 Å². The number of anilines is 1. The van der Waals surface area contributed by atoms with Crippen LogP contribution in [0.2, 0.25) is 0 Å². The minimum absolute atomic E-state index is 0.193. The van der Waals surface area contributed by atoms with Crippen LogP contribution in [0.1, 0.15) is 33.6 Å². The molecule has 3 aromatic carbocycles. The Balaban J connectivity index is 1.17. The molecule has 2 heterocycles. The van der Waals surface area contributed by atoms with Crippen LogP contribution in [0, 0.1) is 0 Å². The summed E-state index contributed by atoms with van der Waals surface area (Å²) in [6, 6.07) is 21.1. The SMILES string of the molecule is O=C(CCCN1C(=O)c2ccccc2C1=O)Nc1nc(-c2ccc3ccccc3c2)cs1. The first kappa shape index (κ1) is 20.1. The van der Waals surface area contributed by atoms with E-state index in [9.17, 15) is 14.4 Å². The van der Waals surface area contributed by atoms with Gasteiger partial charge >= 0.3 is 0 Å². The highest BCUT2D eigenvalue weighted by Gasteiger charge is 2.34. The zero-order chi connectivity index (χ0) is 22.1. The fourth-order valence-electron chi connectivity index (χ4n) is 3.83. The quantitative estimate of drug-likeness (QED) is 0.428. The smallest absolute Gasteiger partial charge is 0.261 e. The molecule has 0 saturated carbocycles. The lowest BCUT2D eigenvalue weighted by Gasteiger charge is -2.13. The summed E-state index contributed by atoms with van der Waals surface area (Å²) < 4.78 is 0. The van der Waals surface area contributed by atoms with Gasteiger partial charge in [-0.05, 0) is 35.4 Å². The summed E-state index contributed by atoms with van der Waals surface area (Å²) in [7, 11) is 0. The molecule has 0 spiro atoms. The van der Waals surface area contributed by atoms with E-state index < -0.39 is 0 Å². The molecule has 1 aromatic heterocycles. The van der Waals surface area contributed by atoms with Gasteiger partial charge < -0.3 is 5.32 Å². The summed E-state index contributed by atoms with van der Waals surface area (Å²) in [5.74, 6) is -0.794. The molecule has 32 heavy (non-hydrogen) atoms. The maximum Gasteiger partial charge on any atom is 0.261 e. The lowest BCUT2D eigenvalue weighted by atomic mass is 10.1. The molecule has 1 aliphatic rings. The molecule has 3 amide bonds. The Morgan fingerprint density at radius 1 is 0.906 bits per heavy atom. The van der Waals surface area contributed by atoms with Crippen LogP contribution in [-0.4, -0.2) is 34.2 Å². The number of nitrogens with zero attached hydrogens (tertiary/aromatic N) is 2. The van der Waals surface area contributed by atoms with Crippen LogP contribution in [0.5, 0.6) is 0 Å². The lowest BCUT2D eigenvalue weighted by Crippen LogP contribution is -2.31. The third kappa shape index (κ3) is 3.78. The summed E-state index contributed by atoms with van der Waals surface area (Å²) in [4.78, 5) is 42.9. The van der Waals surface area contributed by atoms with Gasteiger partial charge in [0.1, 0.15) is 0 Å². The number of carbonyl (C=O) groups is 3. The van der Waals surface area contributed by atoms with Gasteiger partial charge in [0.2, 0.25) is 5.91 Å². The van der Waals surface area contributed by atoms with E-state index in [4.69, 9.17) is 0 Å². The third-order valence-corrected chi connectivity index (χ3v) is 6.22. The van der Waals surface area contributed by atoms with Gasteiger partial charge in [-0.1, -0.05) is 48.5 Å². The van der Waals surface area contributed by atoms with Crippen molar-refractivity contribution < 1.29 is 14.4 Å². The molecular weight excluding hydrogens is 422 g/mol. The van der Waals surface area contributed by atoms with Crippen molar-refractivity contribution in [1.29, 1.82) is 0 Å². The number of amides is 3. The third-order valence-electron chi connectivity index (χ3n) is 5.46. The Morgan fingerprint density at radius 2 is 1.59 bits per heavy atom. The van der Waals surface area contributed by atoms with E-state index >= 15 is 0 Å². The van der Waals surface area contributed by atoms with Crippen LogP contribution < -0.4 is 5.32 Å². The number of nitrogens with one attached hydrogen (secondary N) is 1. The van der Waals surface area contributed by atoms with E-state index in [1.165, 1.54) is 16.2 Å². The van der Waals surface area contributed by atoms with Crippen LogP contribution in [0.15, 0.2) is 72.1 Å². The molecule has 158 valence electrons. The van der Waals surface area contributed by atoms with Crippen molar-refractivity contribution in [3.05, 3.63) is 83.2 Å². The minimum Gasteiger partial charge on any atom is -0.302 e. The first-order valence-corrected chi connectivity index (χ1v) is 11.2. The molecule has 0 aliphatic carbocycles. The van der Waals surface area contributed by atoms with Crippen LogP contribution in [-0.2, 0) is 4.79 Å². The lowest BCUT2D eigenvalue weighted by molar-refractivity contribution is -0.116. The number of benzene rings is 3. The summed E-state index contributed by atoms with van der Waals surface area (Å²) in [5, 5.41) is 7.56. The normalized spacial score (nSPS) is 12.9. The van der Waals surface area contributed by atoms with Crippen molar-refractivity contribution in [2.75, 3.05) is 11.9 Å². The Hall–Kier alpha value is -3.84. The van der Waals surface area contributed by atoms with Crippen molar-refractivity contribution in [2.24, 2.45) is 0 Å². The number of rotatable bonds is 6. The van der Waals surface area contributed by atoms with Crippen molar-refractivity contribution in [3.8, 4) is 11.3 Å². The molecule has 1 N–H and O–H groups in total. The van der Waals surface area contributed by atoms with Crippen molar-refractivity contribution in [2.45, 2.75) is 12.8 Å². The molecule has 0 saturated heterocycles. The van der Waals surface area contributed by atoms with Gasteiger partial charge in [0, 0.05) is 23.9 Å². The molecule has 1 aliphatic heterocycles. The minimum atomic E-state index is -0.300. The monoisotopic (exact) mass is 441 g/mol. The molecule has 5 rings (SSSR count). The van der Waals surface area contributed by atoms with Gasteiger partial charge in [0.25, 0.3) is 11.8 Å². The number of aromatic nitrogens is 1. The van der Waals surface area contributed by atoms with E-state index in [1.807, 2.05) is 23.6 Å². The van der Waals surface area contributed by atoms with Crippen LogP contribution in [0.4, 0.5) is 5.13 Å². The van der Waals surface area contributed by atoms with E-state index in [0.717, 1.165) is 22.0 Å². The van der Waals surface area contributed by atoms with E-state index in [0.29, 0.717) is 22.7 Å². The maximum atomic E-state index is 12.4. The maximum absolute atomic E-state index is 12.4. The summed E-state index contributed by atoms with van der Waals surface area (Å²) in [6.45, 7) is 0.208. The number of carbonyl (C=O) groups excluding carboxylic acids is 3. The average molecular weight is 442 g/mol. The fourth-order valence-corrected chi connectivity index (χ4v) is 4.57. The van der Waals surface area contributed by atoms with Gasteiger partial charge in [-0.25, -0.2) is 4.98 Å². The average Bonchev–Trinajstić information content (AvgIpc) is 3.37. The molecule has 6 nitrogen and oxygen atoms in total. The number of thiazole rings is 1.